The second-order valence-electron chi connectivity index (χ2n) is 8.95. The van der Waals surface area contributed by atoms with Gasteiger partial charge in [-0.3, -0.25) is 4.79 Å². The van der Waals surface area contributed by atoms with E-state index in [0.29, 0.717) is 36.5 Å². The summed E-state index contributed by atoms with van der Waals surface area (Å²) in [7, 11) is 0. The van der Waals surface area contributed by atoms with E-state index in [-0.39, 0.29) is 18.9 Å². The topological polar surface area (TPSA) is 91.6 Å². The predicted octanol–water partition coefficient (Wildman–Crippen LogP) is 2.24. The zero-order chi connectivity index (χ0) is 26.9. The second-order valence-corrected chi connectivity index (χ2v) is 9.93. The molecule has 1 atom stereocenters. The monoisotopic (exact) mass is 535 g/mol. The normalized spacial score (nSPS) is 11.4. The molecule has 8 heteroatoms. The molecule has 0 aliphatic heterocycles. The summed E-state index contributed by atoms with van der Waals surface area (Å²) in [6.07, 6.45) is 2.18. The van der Waals surface area contributed by atoms with Crippen LogP contribution in [0, 0.1) is 6.92 Å². The Bertz CT molecular complexity index is 1390. The second kappa shape index (κ2) is 14.8. The average Bonchev–Trinajstić information content (AvgIpc) is 3.40. The van der Waals surface area contributed by atoms with Gasteiger partial charge in [-0.1, -0.05) is 60.7 Å². The average molecular weight is 536 g/mol. The molecule has 4 aromatic rings. The molecule has 0 aliphatic carbocycles. The van der Waals surface area contributed by atoms with Gasteiger partial charge in [0.1, 0.15) is 18.1 Å². The number of hydrogen-bond donors (Lipinski definition) is 1. The predicted molar refractivity (Wildman–Crippen MR) is 149 cm³/mol. The molecule has 4 rings (SSSR count). The van der Waals surface area contributed by atoms with E-state index in [1.54, 1.807) is 6.07 Å². The van der Waals surface area contributed by atoms with E-state index in [1.165, 1.54) is 11.8 Å². The van der Waals surface area contributed by atoms with Crippen molar-refractivity contribution in [2.75, 3.05) is 12.0 Å². The molecule has 1 amide bonds. The van der Waals surface area contributed by atoms with Gasteiger partial charge in [-0.05, 0) is 71.9 Å². The van der Waals surface area contributed by atoms with Crippen molar-refractivity contribution < 1.29 is 42.7 Å². The number of carboxylic acid groups (broad SMARTS) is 1. The number of carboxylic acids is 1. The fraction of sp³-hybridized carbons (Fsp3) is 0.226. The molecular weight excluding hydrogens is 505 g/mol. The fourth-order valence-electron chi connectivity index (χ4n) is 4.18. The van der Waals surface area contributed by atoms with Crippen molar-refractivity contribution >= 4 is 23.6 Å². The largest absolute Gasteiger partial charge is 1.00 e. The van der Waals surface area contributed by atoms with Crippen molar-refractivity contribution in [1.29, 1.82) is 0 Å². The molecule has 0 radical (unpaired) electrons. The number of amides is 1. The fourth-order valence-corrected chi connectivity index (χ4v) is 4.65. The number of ether oxygens (including phenoxy) is 1. The van der Waals surface area contributed by atoms with Crippen LogP contribution in [0.15, 0.2) is 89.3 Å². The molecule has 0 saturated carbocycles. The number of carbonyl (C=O) groups excluding carboxylic acids is 2. The summed E-state index contributed by atoms with van der Waals surface area (Å²) in [5.41, 5.74) is 4.90. The molecule has 0 fully saturated rings. The Balaban J connectivity index is 0.00000420. The Morgan fingerprint density at radius 1 is 0.949 bits per heavy atom. The van der Waals surface area contributed by atoms with E-state index in [0.717, 1.165) is 33.8 Å². The van der Waals surface area contributed by atoms with Crippen LogP contribution in [0.1, 0.15) is 33.7 Å². The van der Waals surface area contributed by atoms with Gasteiger partial charge in [0.05, 0.1) is 18.6 Å². The summed E-state index contributed by atoms with van der Waals surface area (Å²) in [4.78, 5) is 24.8. The SMILES string of the molecule is CSCCC(NC(=O)c1ccc(COCc2ccc(-c3ccccc3)o2)cc1-c1ccccc1C)C(=O)[O-].[Li+]. The van der Waals surface area contributed by atoms with Gasteiger partial charge in [-0.2, -0.15) is 11.8 Å². The summed E-state index contributed by atoms with van der Waals surface area (Å²) < 4.78 is 11.9. The molecule has 1 unspecified atom stereocenters. The van der Waals surface area contributed by atoms with Gasteiger partial charge in [0.25, 0.3) is 5.91 Å². The molecule has 3 aromatic carbocycles. The molecule has 39 heavy (non-hydrogen) atoms. The van der Waals surface area contributed by atoms with E-state index in [1.807, 2.05) is 92.0 Å². The third kappa shape index (κ3) is 8.14. The van der Waals surface area contributed by atoms with Crippen LogP contribution in [0.4, 0.5) is 0 Å². The molecule has 0 bridgehead atoms. The van der Waals surface area contributed by atoms with E-state index in [9.17, 15) is 14.7 Å². The summed E-state index contributed by atoms with van der Waals surface area (Å²) in [5, 5.41) is 14.2. The quantitative estimate of drug-likeness (QED) is 0.280. The van der Waals surface area contributed by atoms with Gasteiger partial charge in [0.2, 0.25) is 0 Å². The van der Waals surface area contributed by atoms with E-state index in [4.69, 9.17) is 9.15 Å². The third-order valence-corrected chi connectivity index (χ3v) is 6.84. The van der Waals surface area contributed by atoms with Crippen molar-refractivity contribution in [3.8, 4) is 22.5 Å². The van der Waals surface area contributed by atoms with Crippen LogP contribution in [0.2, 0.25) is 0 Å². The standard InChI is InChI=1S/C31H31NO5S.Li/c1-21-8-6-7-11-25(21)27-18-22(12-14-26(27)30(33)32-28(31(34)35)16-17-38-2)19-36-20-24-13-15-29(37-24)23-9-4-3-5-10-23;/h3-15,18,28H,16-17,19-20H2,1-2H3,(H,32,33)(H,34,35);/q;+1/p-1. The number of furan rings is 1. The first-order valence-electron chi connectivity index (χ1n) is 12.4. The first-order valence-corrected chi connectivity index (χ1v) is 13.8. The van der Waals surface area contributed by atoms with Crippen molar-refractivity contribution in [3.05, 3.63) is 107 Å². The van der Waals surface area contributed by atoms with E-state index < -0.39 is 17.9 Å². The minimum absolute atomic E-state index is 0. The first kappa shape index (κ1) is 30.3. The zero-order valence-electron chi connectivity index (χ0n) is 22.4. The zero-order valence-corrected chi connectivity index (χ0v) is 23.3. The van der Waals surface area contributed by atoms with E-state index in [2.05, 4.69) is 5.32 Å². The number of nitrogens with one attached hydrogen (secondary N) is 1. The molecule has 0 spiro atoms. The smallest absolute Gasteiger partial charge is 0.548 e. The van der Waals surface area contributed by atoms with Crippen molar-refractivity contribution in [3.63, 3.8) is 0 Å². The minimum Gasteiger partial charge on any atom is -0.548 e. The Hall–Kier alpha value is -3.21. The molecule has 1 aromatic heterocycles. The maximum atomic E-state index is 13.2. The van der Waals surface area contributed by atoms with Crippen LogP contribution in [0.3, 0.4) is 0 Å². The minimum atomic E-state index is -1.29. The van der Waals surface area contributed by atoms with Gasteiger partial charge >= 0.3 is 18.9 Å². The van der Waals surface area contributed by atoms with Crippen LogP contribution in [-0.2, 0) is 22.7 Å². The molecule has 0 aliphatic rings. The van der Waals surface area contributed by atoms with Crippen LogP contribution < -0.4 is 29.3 Å². The Morgan fingerprint density at radius 3 is 2.41 bits per heavy atom. The van der Waals surface area contributed by atoms with Gasteiger partial charge in [-0.15, -0.1) is 0 Å². The number of carbonyl (C=O) groups is 2. The number of aliphatic carboxylic acids is 1. The van der Waals surface area contributed by atoms with Gasteiger partial charge in [0.15, 0.2) is 0 Å². The number of aryl methyl sites for hydroxylation is 1. The van der Waals surface area contributed by atoms with Crippen molar-refractivity contribution in [2.24, 2.45) is 0 Å². The summed E-state index contributed by atoms with van der Waals surface area (Å²) in [6, 6.07) is 25.9. The molecule has 1 N–H and O–H groups in total. The molecular formula is C31H30LiNO5S. The van der Waals surface area contributed by atoms with Gasteiger partial charge in [0, 0.05) is 11.1 Å². The Kier molecular flexibility index (Phi) is 11.5. The summed E-state index contributed by atoms with van der Waals surface area (Å²) in [6.45, 7) is 2.60. The number of rotatable bonds is 12. The van der Waals surface area contributed by atoms with Crippen molar-refractivity contribution in [2.45, 2.75) is 32.6 Å². The van der Waals surface area contributed by atoms with Gasteiger partial charge < -0.3 is 24.4 Å². The summed E-state index contributed by atoms with van der Waals surface area (Å²) >= 11 is 1.52. The Labute approximate surface area is 245 Å². The van der Waals surface area contributed by atoms with Crippen LogP contribution in [0.25, 0.3) is 22.5 Å². The first-order chi connectivity index (χ1) is 18.5. The van der Waals surface area contributed by atoms with Gasteiger partial charge in [-0.25, -0.2) is 0 Å². The number of thioether (sulfide) groups is 1. The summed E-state index contributed by atoms with van der Waals surface area (Å²) in [5.74, 6) is 0.368. The van der Waals surface area contributed by atoms with Crippen molar-refractivity contribution in [1.82, 2.24) is 5.32 Å². The van der Waals surface area contributed by atoms with E-state index >= 15 is 0 Å². The van der Waals surface area contributed by atoms with Crippen LogP contribution in [0.5, 0.6) is 0 Å². The number of benzene rings is 3. The maximum Gasteiger partial charge on any atom is 1.00 e. The van der Waals surface area contributed by atoms with Crippen LogP contribution >= 0.6 is 11.8 Å². The maximum absolute atomic E-state index is 13.2. The van der Waals surface area contributed by atoms with Crippen LogP contribution in [-0.4, -0.2) is 29.9 Å². The third-order valence-electron chi connectivity index (χ3n) is 6.20. The molecule has 0 saturated heterocycles. The molecule has 196 valence electrons. The molecule has 1 heterocycles. The Morgan fingerprint density at radius 2 is 1.69 bits per heavy atom. The number of hydrogen-bond acceptors (Lipinski definition) is 6. The molecule has 6 nitrogen and oxygen atoms in total.